The number of imidazole rings is 2. The maximum absolute atomic E-state index is 12.7. The molecular weight excluding hydrogens is 1080 g/mol. The van der Waals surface area contributed by atoms with E-state index in [1.54, 1.807) is 57.2 Å². The van der Waals surface area contributed by atoms with E-state index in [4.69, 9.17) is 23.7 Å². The number of hydrogen-bond donors (Lipinski definition) is 1. The summed E-state index contributed by atoms with van der Waals surface area (Å²) in [6.45, 7) is 8.34. The molecular formula is C55H57F6KN10O8. The zero-order valence-corrected chi connectivity index (χ0v) is 48.2. The van der Waals surface area contributed by atoms with Gasteiger partial charge >= 0.3 is 69.8 Å². The minimum absolute atomic E-state index is 0. The quantitative estimate of drug-likeness (QED) is 0.0560. The summed E-state index contributed by atoms with van der Waals surface area (Å²) in [5.41, 5.74) is 7.29. The topological polar surface area (TPSA) is 184 Å². The fourth-order valence-electron chi connectivity index (χ4n) is 9.11. The van der Waals surface area contributed by atoms with Crippen molar-refractivity contribution < 1.29 is 117 Å². The largest absolute Gasteiger partial charge is 1.00 e. The summed E-state index contributed by atoms with van der Waals surface area (Å²) in [5, 5.41) is 12.2. The molecule has 418 valence electrons. The van der Waals surface area contributed by atoms with Crippen LogP contribution in [0, 0.1) is 0 Å². The molecule has 2 aliphatic heterocycles. The molecule has 1 amide bonds. The normalized spacial score (nSPS) is 13.9. The van der Waals surface area contributed by atoms with E-state index < -0.39 is 55.2 Å². The van der Waals surface area contributed by atoms with Gasteiger partial charge in [0.1, 0.15) is 52.4 Å². The van der Waals surface area contributed by atoms with Crippen LogP contribution in [0.4, 0.5) is 31.1 Å². The monoisotopic (exact) mass is 1140 g/mol. The van der Waals surface area contributed by atoms with Crippen LogP contribution >= 0.6 is 0 Å². The van der Waals surface area contributed by atoms with Gasteiger partial charge < -0.3 is 35.3 Å². The molecule has 4 aromatic heterocycles. The van der Waals surface area contributed by atoms with E-state index >= 15 is 0 Å². The van der Waals surface area contributed by atoms with Crippen molar-refractivity contribution >= 4 is 39.7 Å². The molecule has 1 N–H and O–H groups in total. The van der Waals surface area contributed by atoms with Gasteiger partial charge in [0.25, 0.3) is 0 Å². The zero-order chi connectivity index (χ0) is 56.6. The van der Waals surface area contributed by atoms with Crippen molar-refractivity contribution in [3.05, 3.63) is 109 Å². The Balaban J connectivity index is 0.000000231. The summed E-state index contributed by atoms with van der Waals surface area (Å²) >= 11 is 0. The van der Waals surface area contributed by atoms with Crippen molar-refractivity contribution in [1.29, 1.82) is 0 Å². The molecule has 25 heteroatoms. The summed E-state index contributed by atoms with van der Waals surface area (Å²) in [5.74, 6) is -0.952. The molecule has 2 aliphatic rings. The average molecular weight is 1140 g/mol. The number of carbonyl (C=O) groups excluding carboxylic acids is 3. The number of nitrogens with one attached hydrogen (secondary N) is 1. The number of fused-ring (bicyclic) bond motifs is 2. The Labute approximate surface area is 499 Å². The number of nitrogens with zero attached hydrogens (tertiary/aromatic N) is 9. The number of likely N-dealkylation sites (tertiary alicyclic amines) is 1. The van der Waals surface area contributed by atoms with E-state index in [9.17, 15) is 40.7 Å². The van der Waals surface area contributed by atoms with Gasteiger partial charge in [-0.1, -0.05) is 12.1 Å². The summed E-state index contributed by atoms with van der Waals surface area (Å²) in [6, 6.07) is 18.4. The van der Waals surface area contributed by atoms with Gasteiger partial charge in [-0.3, -0.25) is 28.1 Å². The van der Waals surface area contributed by atoms with Crippen LogP contribution in [-0.2, 0) is 4.74 Å². The van der Waals surface area contributed by atoms with Crippen LogP contribution in [0.1, 0.15) is 80.7 Å². The molecule has 8 aromatic rings. The van der Waals surface area contributed by atoms with Gasteiger partial charge in [-0.2, -0.15) is 36.5 Å². The molecule has 10 rings (SSSR count). The number of amides is 1. The number of benzene rings is 4. The minimum Gasteiger partial charge on any atom is -1.00 e. The van der Waals surface area contributed by atoms with E-state index in [2.05, 4.69) is 25.5 Å². The minimum atomic E-state index is -4.45. The van der Waals surface area contributed by atoms with E-state index in [1.165, 1.54) is 28.4 Å². The molecule has 0 unspecified atom stereocenters. The first-order valence-electron chi connectivity index (χ1n) is 25.0. The maximum Gasteiger partial charge on any atom is 1.00 e. The number of halogens is 6. The molecule has 0 saturated carbocycles. The maximum atomic E-state index is 12.7. The number of rotatable bonds is 16. The first-order chi connectivity index (χ1) is 37.5. The predicted molar refractivity (Wildman–Crippen MR) is 280 cm³/mol. The molecule has 0 atom stereocenters. The summed E-state index contributed by atoms with van der Waals surface area (Å²) < 4.78 is 110. The second kappa shape index (κ2) is 24.1. The number of alkyl halides is 6. The van der Waals surface area contributed by atoms with Crippen molar-refractivity contribution in [3.63, 3.8) is 0 Å². The number of ketones is 2. The molecule has 0 bridgehead atoms. The summed E-state index contributed by atoms with van der Waals surface area (Å²) in [6.07, 6.45) is -2.30. The third-order valence-electron chi connectivity index (χ3n) is 13.4. The molecule has 4 aromatic carbocycles. The van der Waals surface area contributed by atoms with Gasteiger partial charge in [0.2, 0.25) is 0 Å². The number of Topliss-reactive ketones (excluding diaryl/α,β-unsaturated/α-hetero) is 2. The number of methoxy groups -OCH3 is 4. The van der Waals surface area contributed by atoms with Gasteiger partial charge in [-0.25, -0.2) is 14.8 Å². The molecule has 0 radical (unpaired) electrons. The van der Waals surface area contributed by atoms with E-state index in [-0.39, 0.29) is 99.1 Å². The Morgan fingerprint density at radius 2 is 1.00 bits per heavy atom. The fourth-order valence-corrected chi connectivity index (χ4v) is 9.11. The van der Waals surface area contributed by atoms with Gasteiger partial charge in [-0.15, -0.1) is 0 Å². The van der Waals surface area contributed by atoms with E-state index in [0.29, 0.717) is 36.0 Å². The standard InChI is InChI=1S/C30H32F3N5O5.C25H24F3N5O3.K.H/c1-29(2,3)43-28(40)36-15-21(16-36)38-14-19(13-35-38)18-6-7-23-22(10-18)34-17-37(23)20-11-25(41-4)27(26(12-20)42-5)24(39)8-9-30(31,32)33;1-35-22-8-17(9-23(36-2)24(22)21(34)5-6-25(26,27)28)32-14-30-19-7-15(3-4-20(19)32)16-10-31-33(13-16)18-11-29-12-18;;/h6-7,10-14,17,21H,8-9,15-16H2,1-5H3;3-4,7-10,13-14,18,29H,5-6,11-12H2,1-2H3;;/q;;+1;-1. The first kappa shape index (κ1) is 59.4. The molecule has 6 heterocycles. The SMILES string of the molecule is COc1cc(-n2cnc3cc(-c4cnn(C5CN(C(=O)OC(C)(C)C)C5)c4)ccc32)cc(OC)c1C(=O)CCC(F)(F)F.COc1cc(-n2cnc3cc(-c4cnn(C5CNC5)c4)ccc32)cc(OC)c1C(=O)CCC(F)(F)F.[H-].[K+]. The van der Waals surface area contributed by atoms with Crippen LogP contribution in [0.5, 0.6) is 23.0 Å². The van der Waals surface area contributed by atoms with Crippen molar-refractivity contribution in [2.45, 2.75) is 76.5 Å². The van der Waals surface area contributed by atoms with Crippen LogP contribution in [0.15, 0.2) is 98.1 Å². The van der Waals surface area contributed by atoms with Gasteiger partial charge in [-0.05, 0) is 56.2 Å². The number of aromatic nitrogens is 8. The van der Waals surface area contributed by atoms with Crippen LogP contribution in [0.2, 0.25) is 0 Å². The van der Waals surface area contributed by atoms with Gasteiger partial charge in [0.15, 0.2) is 11.6 Å². The zero-order valence-electron chi connectivity index (χ0n) is 46.1. The van der Waals surface area contributed by atoms with Crippen molar-refractivity contribution in [2.75, 3.05) is 54.6 Å². The predicted octanol–water partition coefficient (Wildman–Crippen LogP) is 7.92. The molecule has 2 fully saturated rings. The van der Waals surface area contributed by atoms with Gasteiger partial charge in [0, 0.05) is 86.8 Å². The molecule has 80 heavy (non-hydrogen) atoms. The van der Waals surface area contributed by atoms with Crippen molar-refractivity contribution in [1.82, 2.24) is 48.9 Å². The number of ether oxygens (including phenoxy) is 5. The second-order valence-electron chi connectivity index (χ2n) is 19.9. The van der Waals surface area contributed by atoms with Crippen molar-refractivity contribution in [2.24, 2.45) is 0 Å². The Morgan fingerprint density at radius 3 is 1.35 bits per heavy atom. The van der Waals surface area contributed by atoms with Crippen LogP contribution in [0.25, 0.3) is 55.7 Å². The molecule has 0 spiro atoms. The van der Waals surface area contributed by atoms with Crippen LogP contribution in [0.3, 0.4) is 0 Å². The van der Waals surface area contributed by atoms with Crippen LogP contribution < -0.4 is 75.6 Å². The third kappa shape index (κ3) is 13.3. The van der Waals surface area contributed by atoms with Crippen LogP contribution in [-0.4, -0.2) is 134 Å². The Hall–Kier alpha value is -6.77. The summed E-state index contributed by atoms with van der Waals surface area (Å²) in [4.78, 5) is 48.3. The van der Waals surface area contributed by atoms with E-state index in [0.717, 1.165) is 51.9 Å². The summed E-state index contributed by atoms with van der Waals surface area (Å²) in [7, 11) is 5.40. The Bertz CT molecular complexity index is 3510. The number of carbonyl (C=O) groups is 3. The molecule has 2 saturated heterocycles. The van der Waals surface area contributed by atoms with Crippen molar-refractivity contribution in [3.8, 4) is 56.6 Å². The molecule has 0 aliphatic carbocycles. The van der Waals surface area contributed by atoms with E-state index in [1.807, 2.05) is 85.1 Å². The second-order valence-corrected chi connectivity index (χ2v) is 19.9. The van der Waals surface area contributed by atoms with Gasteiger partial charge in [0.05, 0.1) is 99.2 Å². The number of hydrogen-bond acceptors (Lipinski definition) is 13. The Kier molecular flexibility index (Phi) is 17.9. The first-order valence-corrected chi connectivity index (χ1v) is 25.0. The third-order valence-corrected chi connectivity index (χ3v) is 13.4. The molecule has 18 nitrogen and oxygen atoms in total. The smallest absolute Gasteiger partial charge is 1.00 e. The Morgan fingerprint density at radius 1 is 0.600 bits per heavy atom. The average Bonchev–Trinajstić information content (AvgIpc) is 4.41. The fraction of sp³-hybridized carbons (Fsp3) is 0.364.